The van der Waals surface area contributed by atoms with Gasteiger partial charge in [-0.3, -0.25) is 14.3 Å². The monoisotopic (exact) mass is 523 g/mol. The lowest BCUT2D eigenvalue weighted by Gasteiger charge is -2.32. The molecule has 0 fully saturated rings. The molecule has 1 N–H and O–H groups in total. The van der Waals surface area contributed by atoms with Crippen LogP contribution in [-0.2, 0) is 13.0 Å². The number of halogens is 2. The van der Waals surface area contributed by atoms with E-state index in [-0.39, 0.29) is 16.6 Å². The predicted octanol–water partition coefficient (Wildman–Crippen LogP) is 6.35. The molecule has 2 aromatic heterocycles. The number of benzene rings is 2. The average Bonchev–Trinajstić information content (AvgIpc) is 2.89. The first kappa shape index (κ1) is 25.7. The molecule has 1 atom stereocenters. The third kappa shape index (κ3) is 5.37. The van der Waals surface area contributed by atoms with Gasteiger partial charge in [0, 0.05) is 31.4 Å². The first-order valence-corrected chi connectivity index (χ1v) is 12.6. The van der Waals surface area contributed by atoms with E-state index in [1.165, 1.54) is 0 Å². The summed E-state index contributed by atoms with van der Waals surface area (Å²) in [6.07, 6.45) is 2.80. The Morgan fingerprint density at radius 3 is 2.56 bits per heavy atom. The lowest BCUT2D eigenvalue weighted by molar-refractivity contribution is 0.180. The van der Waals surface area contributed by atoms with Crippen LogP contribution in [0.15, 0.2) is 71.7 Å². The first-order valence-electron chi connectivity index (χ1n) is 11.9. The number of carbonyl (C=O) groups is 1. The molecule has 0 saturated carbocycles. The highest BCUT2D eigenvalue weighted by Crippen LogP contribution is 2.31. The van der Waals surface area contributed by atoms with E-state index in [9.17, 15) is 9.59 Å². The van der Waals surface area contributed by atoms with E-state index in [0.29, 0.717) is 53.4 Å². The minimum absolute atomic E-state index is 0.125. The Bertz CT molecular complexity index is 1430. The van der Waals surface area contributed by atoms with Gasteiger partial charge in [-0.05, 0) is 49.7 Å². The van der Waals surface area contributed by atoms with E-state index in [2.05, 4.69) is 10.3 Å². The van der Waals surface area contributed by atoms with Crippen LogP contribution >= 0.6 is 23.2 Å². The molecule has 9 heteroatoms. The van der Waals surface area contributed by atoms with Gasteiger partial charge in [0.25, 0.3) is 5.56 Å². The molecule has 0 radical (unpaired) electrons. The SMILES string of the molecule is CCC(c1nc2ccccc2c(=O)n1CC)N(CCc1ccccn1)C(=O)Nc1cccc(Cl)c1Cl. The van der Waals surface area contributed by atoms with Gasteiger partial charge in [0.05, 0.1) is 32.7 Å². The van der Waals surface area contributed by atoms with Crippen LogP contribution in [0, 0.1) is 0 Å². The van der Waals surface area contributed by atoms with Crippen molar-refractivity contribution in [1.29, 1.82) is 0 Å². The molecule has 186 valence electrons. The maximum atomic E-state index is 13.7. The van der Waals surface area contributed by atoms with Crippen molar-refractivity contribution in [1.82, 2.24) is 19.4 Å². The summed E-state index contributed by atoms with van der Waals surface area (Å²) in [6, 6.07) is 17.2. The van der Waals surface area contributed by atoms with Gasteiger partial charge >= 0.3 is 6.03 Å². The molecule has 1 unspecified atom stereocenters. The van der Waals surface area contributed by atoms with E-state index in [4.69, 9.17) is 28.2 Å². The number of carbonyl (C=O) groups excluding carboxylic acids is 1. The number of anilines is 1. The fourth-order valence-corrected chi connectivity index (χ4v) is 4.60. The summed E-state index contributed by atoms with van der Waals surface area (Å²) < 4.78 is 1.64. The Hall–Kier alpha value is -3.42. The quantitative estimate of drug-likeness (QED) is 0.292. The number of para-hydroxylation sites is 1. The van der Waals surface area contributed by atoms with Crippen molar-refractivity contribution in [2.75, 3.05) is 11.9 Å². The highest BCUT2D eigenvalue weighted by molar-refractivity contribution is 6.43. The normalized spacial score (nSPS) is 11.9. The van der Waals surface area contributed by atoms with Crippen molar-refractivity contribution in [2.24, 2.45) is 0 Å². The highest BCUT2D eigenvalue weighted by atomic mass is 35.5. The zero-order valence-electron chi connectivity index (χ0n) is 20.1. The molecule has 2 aromatic carbocycles. The summed E-state index contributed by atoms with van der Waals surface area (Å²) >= 11 is 12.5. The molecule has 0 aliphatic carbocycles. The average molecular weight is 524 g/mol. The number of fused-ring (bicyclic) bond motifs is 1. The summed E-state index contributed by atoms with van der Waals surface area (Å²) in [7, 11) is 0. The molecule has 0 aliphatic rings. The van der Waals surface area contributed by atoms with E-state index in [1.807, 2.05) is 50.2 Å². The van der Waals surface area contributed by atoms with Crippen LogP contribution in [0.4, 0.5) is 10.5 Å². The summed E-state index contributed by atoms with van der Waals surface area (Å²) in [6.45, 7) is 4.65. The lowest BCUT2D eigenvalue weighted by Crippen LogP contribution is -2.42. The van der Waals surface area contributed by atoms with Gasteiger partial charge < -0.3 is 10.2 Å². The second-order valence-electron chi connectivity index (χ2n) is 8.26. The zero-order valence-corrected chi connectivity index (χ0v) is 21.6. The molecule has 4 aromatic rings. The molecule has 4 rings (SSSR count). The molecule has 0 spiro atoms. The lowest BCUT2D eigenvalue weighted by atomic mass is 10.1. The van der Waals surface area contributed by atoms with Crippen LogP contribution in [0.5, 0.6) is 0 Å². The number of nitrogens with zero attached hydrogens (tertiary/aromatic N) is 4. The Morgan fingerprint density at radius 2 is 1.83 bits per heavy atom. The maximum absolute atomic E-state index is 13.7. The molecule has 2 heterocycles. The maximum Gasteiger partial charge on any atom is 0.322 e. The topological polar surface area (TPSA) is 80.1 Å². The molecule has 36 heavy (non-hydrogen) atoms. The highest BCUT2D eigenvalue weighted by Gasteiger charge is 2.29. The number of rotatable bonds is 8. The molecular weight excluding hydrogens is 497 g/mol. The molecule has 0 aliphatic heterocycles. The van der Waals surface area contributed by atoms with Crippen LogP contribution < -0.4 is 10.9 Å². The Balaban J connectivity index is 1.77. The van der Waals surface area contributed by atoms with Gasteiger partial charge in [-0.15, -0.1) is 0 Å². The second kappa shape index (κ2) is 11.5. The molecule has 0 bridgehead atoms. The van der Waals surface area contributed by atoms with Crippen LogP contribution in [0.3, 0.4) is 0 Å². The number of hydrogen-bond acceptors (Lipinski definition) is 4. The Kier molecular flexibility index (Phi) is 8.23. The van der Waals surface area contributed by atoms with Gasteiger partial charge in [0.1, 0.15) is 5.82 Å². The minimum atomic E-state index is -0.469. The third-order valence-electron chi connectivity index (χ3n) is 6.06. The summed E-state index contributed by atoms with van der Waals surface area (Å²) in [5.74, 6) is 0.539. The summed E-state index contributed by atoms with van der Waals surface area (Å²) in [4.78, 5) is 37.9. The number of pyridine rings is 1. The van der Waals surface area contributed by atoms with Crippen LogP contribution in [0.2, 0.25) is 10.0 Å². The number of amides is 2. The fraction of sp³-hybridized carbons (Fsp3) is 0.259. The van der Waals surface area contributed by atoms with Gasteiger partial charge in [-0.25, -0.2) is 9.78 Å². The predicted molar refractivity (Wildman–Crippen MR) is 145 cm³/mol. The van der Waals surface area contributed by atoms with E-state index in [1.54, 1.807) is 39.9 Å². The molecule has 7 nitrogen and oxygen atoms in total. The first-order chi connectivity index (χ1) is 17.4. The zero-order chi connectivity index (χ0) is 25.7. The third-order valence-corrected chi connectivity index (χ3v) is 6.88. The summed E-state index contributed by atoms with van der Waals surface area (Å²) in [5, 5.41) is 4.05. The van der Waals surface area contributed by atoms with E-state index in [0.717, 1.165) is 5.69 Å². The molecule has 2 amide bonds. The number of urea groups is 1. The Morgan fingerprint density at radius 1 is 1.06 bits per heavy atom. The van der Waals surface area contributed by atoms with Crippen molar-refractivity contribution in [2.45, 2.75) is 39.3 Å². The van der Waals surface area contributed by atoms with E-state index < -0.39 is 6.04 Å². The number of aromatic nitrogens is 3. The standard InChI is InChI=1S/C27H27Cl2N5O2/c1-3-23(25-31-21-13-6-5-11-19(21)26(35)33(25)4-2)34(17-15-18-10-7-8-16-30-18)27(36)32-22-14-9-12-20(28)24(22)29/h5-14,16,23H,3-4,15,17H2,1-2H3,(H,32,36). The second-order valence-corrected chi connectivity index (χ2v) is 9.04. The van der Waals surface area contributed by atoms with Crippen molar-refractivity contribution in [3.05, 3.63) is 98.8 Å². The van der Waals surface area contributed by atoms with Crippen molar-refractivity contribution in [3.63, 3.8) is 0 Å². The van der Waals surface area contributed by atoms with Gasteiger partial charge in [0.2, 0.25) is 0 Å². The van der Waals surface area contributed by atoms with Crippen molar-refractivity contribution < 1.29 is 4.79 Å². The molecule has 0 saturated heterocycles. The number of nitrogens with one attached hydrogen (secondary N) is 1. The summed E-state index contributed by atoms with van der Waals surface area (Å²) in [5.41, 5.74) is 1.74. The largest absolute Gasteiger partial charge is 0.322 e. The minimum Gasteiger partial charge on any atom is -0.314 e. The molecular formula is C27H27Cl2N5O2. The van der Waals surface area contributed by atoms with Gasteiger partial charge in [-0.2, -0.15) is 0 Å². The van der Waals surface area contributed by atoms with Crippen LogP contribution in [-0.4, -0.2) is 32.0 Å². The van der Waals surface area contributed by atoms with Gasteiger partial charge in [0.15, 0.2) is 0 Å². The van der Waals surface area contributed by atoms with Crippen molar-refractivity contribution >= 4 is 45.8 Å². The fourth-order valence-electron chi connectivity index (χ4n) is 4.25. The smallest absolute Gasteiger partial charge is 0.314 e. The van der Waals surface area contributed by atoms with E-state index >= 15 is 0 Å². The number of hydrogen-bond donors (Lipinski definition) is 1. The van der Waals surface area contributed by atoms with Gasteiger partial charge in [-0.1, -0.05) is 54.4 Å². The van der Waals surface area contributed by atoms with Crippen molar-refractivity contribution in [3.8, 4) is 0 Å². The Labute approximate surface area is 219 Å². The van der Waals surface area contributed by atoms with Crippen LogP contribution in [0.25, 0.3) is 10.9 Å². The van der Waals surface area contributed by atoms with Crippen LogP contribution in [0.1, 0.15) is 37.8 Å².